The third-order valence-electron chi connectivity index (χ3n) is 5.26. The molecule has 1 aliphatic heterocycles. The summed E-state index contributed by atoms with van der Waals surface area (Å²) in [6.45, 7) is 1.70. The molecule has 3 aromatic rings. The number of aromatic nitrogens is 4. The van der Waals surface area contributed by atoms with Crippen molar-refractivity contribution < 1.29 is 9.13 Å². The number of benzene rings is 1. The first-order valence-electron chi connectivity index (χ1n) is 10.3. The number of ether oxygens (including phenoxy) is 1. The molecule has 0 amide bonds. The summed E-state index contributed by atoms with van der Waals surface area (Å²) in [6.07, 6.45) is 7.80. The lowest BCUT2D eigenvalue weighted by molar-refractivity contribution is 0.285. The third-order valence-corrected chi connectivity index (χ3v) is 5.46. The Hall–Kier alpha value is -3.57. The van der Waals surface area contributed by atoms with Crippen LogP contribution in [0.15, 0.2) is 48.0 Å². The summed E-state index contributed by atoms with van der Waals surface area (Å²) in [4.78, 5) is 19.8. The van der Waals surface area contributed by atoms with Gasteiger partial charge in [0.1, 0.15) is 18.8 Å². The number of piperidine rings is 1. The Morgan fingerprint density at radius 2 is 1.97 bits per heavy atom. The molecular formula is C21H23ClFN9O. The predicted molar refractivity (Wildman–Crippen MR) is 123 cm³/mol. The number of hydrogen-bond donors (Lipinski definition) is 2. The van der Waals surface area contributed by atoms with E-state index in [1.165, 1.54) is 18.5 Å². The Bertz CT molecular complexity index is 1110. The fraction of sp³-hybridized carbons (Fsp3) is 0.286. The highest BCUT2D eigenvalue weighted by Crippen LogP contribution is 2.28. The Kier molecular flexibility index (Phi) is 7.10. The van der Waals surface area contributed by atoms with Crippen molar-refractivity contribution in [2.45, 2.75) is 25.4 Å². The van der Waals surface area contributed by atoms with Crippen molar-refractivity contribution in [3.8, 4) is 5.75 Å². The number of rotatable bonds is 7. The van der Waals surface area contributed by atoms with Crippen LogP contribution in [0, 0.1) is 5.82 Å². The Labute approximate surface area is 195 Å². The highest BCUT2D eigenvalue weighted by molar-refractivity contribution is 6.30. The average molecular weight is 472 g/mol. The highest BCUT2D eigenvalue weighted by atomic mass is 35.5. The van der Waals surface area contributed by atoms with Gasteiger partial charge in [0.15, 0.2) is 11.6 Å². The summed E-state index contributed by atoms with van der Waals surface area (Å²) in [6, 6.07) is 6.08. The maximum atomic E-state index is 14.4. The Morgan fingerprint density at radius 3 is 2.67 bits per heavy atom. The van der Waals surface area contributed by atoms with Crippen molar-refractivity contribution in [1.82, 2.24) is 19.9 Å². The molecule has 0 radical (unpaired) electrons. The number of hydrazone groups is 1. The van der Waals surface area contributed by atoms with Gasteiger partial charge >= 0.3 is 0 Å². The zero-order chi connectivity index (χ0) is 23.2. The molecule has 1 saturated heterocycles. The van der Waals surface area contributed by atoms with E-state index >= 15 is 0 Å². The molecule has 0 spiro atoms. The van der Waals surface area contributed by atoms with Crippen molar-refractivity contribution in [1.29, 1.82) is 0 Å². The standard InChI is InChI=1S/C21H23ClFN9O/c22-15-10-27-21(28-11-15)31-7-4-14(5-8-31)20-26-6-3-16(30-20)12-33-19-2-1-17(9-18(19)23)32(25)13-29-24/h1-3,6,9-11,13-14H,4-5,7-8,12,24-25H2. The second-order valence-electron chi connectivity index (χ2n) is 7.44. The average Bonchev–Trinajstić information content (AvgIpc) is 2.84. The van der Waals surface area contributed by atoms with E-state index in [2.05, 4.69) is 29.9 Å². The highest BCUT2D eigenvalue weighted by Gasteiger charge is 2.24. The molecule has 1 fully saturated rings. The number of hydrazine groups is 1. The molecule has 2 aromatic heterocycles. The minimum atomic E-state index is -0.556. The van der Waals surface area contributed by atoms with Crippen LogP contribution in [-0.4, -0.2) is 39.4 Å². The lowest BCUT2D eigenvalue weighted by Gasteiger charge is -2.31. The maximum Gasteiger partial charge on any atom is 0.225 e. The van der Waals surface area contributed by atoms with Gasteiger partial charge < -0.3 is 15.5 Å². The molecule has 12 heteroatoms. The number of anilines is 2. The first-order valence-corrected chi connectivity index (χ1v) is 10.6. The molecule has 3 heterocycles. The lowest BCUT2D eigenvalue weighted by atomic mass is 9.96. The number of nitrogens with zero attached hydrogens (tertiary/aromatic N) is 7. The lowest BCUT2D eigenvalue weighted by Crippen LogP contribution is -2.34. The fourth-order valence-electron chi connectivity index (χ4n) is 3.55. The summed E-state index contributed by atoms with van der Waals surface area (Å²) in [7, 11) is 0. The molecule has 0 aliphatic carbocycles. The SMILES string of the molecule is NN=CN(N)c1ccc(OCc2ccnc(C3CCN(c4ncc(Cl)cn4)CC3)n2)c(F)c1. The molecule has 0 atom stereocenters. The van der Waals surface area contributed by atoms with Gasteiger partial charge in [0.25, 0.3) is 0 Å². The predicted octanol–water partition coefficient (Wildman–Crippen LogP) is 2.60. The first-order chi connectivity index (χ1) is 16.0. The largest absolute Gasteiger partial charge is 0.484 e. The smallest absolute Gasteiger partial charge is 0.225 e. The van der Waals surface area contributed by atoms with Gasteiger partial charge in [-0.25, -0.2) is 30.2 Å². The van der Waals surface area contributed by atoms with E-state index in [-0.39, 0.29) is 18.3 Å². The maximum absolute atomic E-state index is 14.4. The molecule has 0 unspecified atom stereocenters. The molecule has 4 rings (SSSR count). The van der Waals surface area contributed by atoms with Crippen molar-refractivity contribution in [2.24, 2.45) is 16.8 Å². The fourth-order valence-corrected chi connectivity index (χ4v) is 3.65. The molecule has 0 saturated carbocycles. The van der Waals surface area contributed by atoms with Crippen molar-refractivity contribution in [2.75, 3.05) is 23.0 Å². The van der Waals surface area contributed by atoms with Gasteiger partial charge in [0, 0.05) is 31.3 Å². The summed E-state index contributed by atoms with van der Waals surface area (Å²) >= 11 is 5.87. The topological polar surface area (TPSA) is 132 Å². The molecular weight excluding hydrogens is 449 g/mol. The molecule has 4 N–H and O–H groups in total. The van der Waals surface area contributed by atoms with Gasteiger partial charge in [-0.05, 0) is 31.0 Å². The van der Waals surface area contributed by atoms with Crippen LogP contribution in [0.1, 0.15) is 30.3 Å². The monoisotopic (exact) mass is 471 g/mol. The van der Waals surface area contributed by atoms with Crippen molar-refractivity contribution >= 4 is 29.6 Å². The molecule has 10 nitrogen and oxygen atoms in total. The van der Waals surface area contributed by atoms with Crippen LogP contribution in [-0.2, 0) is 6.61 Å². The minimum absolute atomic E-state index is 0.0910. The van der Waals surface area contributed by atoms with Crippen LogP contribution in [0.2, 0.25) is 5.02 Å². The Balaban J connectivity index is 1.35. The van der Waals surface area contributed by atoms with Crippen LogP contribution < -0.4 is 26.3 Å². The molecule has 172 valence electrons. The van der Waals surface area contributed by atoms with Crippen LogP contribution in [0.25, 0.3) is 0 Å². The first kappa shape index (κ1) is 22.6. The summed E-state index contributed by atoms with van der Waals surface area (Å²) in [5, 5.41) is 4.92. The van der Waals surface area contributed by atoms with E-state index < -0.39 is 5.82 Å². The second kappa shape index (κ2) is 10.4. The normalized spacial score (nSPS) is 14.6. The van der Waals surface area contributed by atoms with E-state index in [4.69, 9.17) is 28.0 Å². The van der Waals surface area contributed by atoms with E-state index in [1.807, 2.05) is 0 Å². The van der Waals surface area contributed by atoms with Crippen molar-refractivity contribution in [3.05, 3.63) is 65.2 Å². The van der Waals surface area contributed by atoms with E-state index in [1.54, 1.807) is 30.7 Å². The van der Waals surface area contributed by atoms with Crippen LogP contribution in [0.4, 0.5) is 16.0 Å². The summed E-state index contributed by atoms with van der Waals surface area (Å²) in [5.41, 5.74) is 1.05. The Morgan fingerprint density at radius 1 is 1.21 bits per heavy atom. The second-order valence-corrected chi connectivity index (χ2v) is 7.88. The van der Waals surface area contributed by atoms with Crippen molar-refractivity contribution in [3.63, 3.8) is 0 Å². The number of hydrogen-bond acceptors (Lipinski definition) is 9. The van der Waals surface area contributed by atoms with Gasteiger partial charge in [-0.15, -0.1) is 0 Å². The third kappa shape index (κ3) is 5.62. The zero-order valence-corrected chi connectivity index (χ0v) is 18.4. The minimum Gasteiger partial charge on any atom is -0.484 e. The van der Waals surface area contributed by atoms with E-state index in [9.17, 15) is 4.39 Å². The molecule has 0 bridgehead atoms. The van der Waals surface area contributed by atoms with Gasteiger partial charge in [0.2, 0.25) is 5.95 Å². The van der Waals surface area contributed by atoms with Gasteiger partial charge in [0.05, 0.1) is 28.8 Å². The van der Waals surface area contributed by atoms with Crippen LogP contribution >= 0.6 is 11.6 Å². The number of halogens is 2. The molecule has 1 aliphatic rings. The van der Waals surface area contributed by atoms with Gasteiger partial charge in [-0.2, -0.15) is 5.10 Å². The molecule has 1 aromatic carbocycles. The van der Waals surface area contributed by atoms with Gasteiger partial charge in [-0.1, -0.05) is 11.6 Å². The summed E-state index contributed by atoms with van der Waals surface area (Å²) < 4.78 is 20.0. The molecule has 33 heavy (non-hydrogen) atoms. The van der Waals surface area contributed by atoms with Crippen LogP contribution in [0.5, 0.6) is 5.75 Å². The van der Waals surface area contributed by atoms with E-state index in [0.29, 0.717) is 22.4 Å². The van der Waals surface area contributed by atoms with Crippen LogP contribution in [0.3, 0.4) is 0 Å². The number of nitrogens with two attached hydrogens (primary N) is 2. The summed E-state index contributed by atoms with van der Waals surface area (Å²) in [5.74, 6) is 11.9. The van der Waals surface area contributed by atoms with Gasteiger partial charge in [-0.3, -0.25) is 5.01 Å². The van der Waals surface area contributed by atoms with E-state index in [0.717, 1.165) is 36.8 Å². The quantitative estimate of drug-likeness (QED) is 0.231. The zero-order valence-electron chi connectivity index (χ0n) is 17.7.